The van der Waals surface area contributed by atoms with Gasteiger partial charge < -0.3 is 21.1 Å². The Balaban J connectivity index is 4.01. The maximum atomic E-state index is 12.7. The maximum absolute atomic E-state index is 12.7. The quantitative estimate of drug-likeness (QED) is 0.0276. The van der Waals surface area contributed by atoms with Crippen molar-refractivity contribution in [2.75, 3.05) is 19.8 Å². The summed E-state index contributed by atoms with van der Waals surface area (Å²) in [7, 11) is -4.33. The molecular weight excluding hydrogens is 683 g/mol. The molecule has 0 aromatic heterocycles. The van der Waals surface area contributed by atoms with Gasteiger partial charge >= 0.3 is 7.82 Å². The minimum absolute atomic E-state index is 0.0812. The Labute approximate surface area is 328 Å². The van der Waals surface area contributed by atoms with Crippen LogP contribution in [0.25, 0.3) is 0 Å². The summed E-state index contributed by atoms with van der Waals surface area (Å²) in [6, 6.07) is -0.853. The first-order chi connectivity index (χ1) is 25.9. The molecule has 9 heteroatoms. The highest BCUT2D eigenvalue weighted by Crippen LogP contribution is 2.43. The minimum atomic E-state index is -4.33. The molecule has 1 unspecified atom stereocenters. The summed E-state index contributed by atoms with van der Waals surface area (Å²) < 4.78 is 22.1. The maximum Gasteiger partial charge on any atom is 0.472 e. The van der Waals surface area contributed by atoms with Crippen LogP contribution in [-0.4, -0.2) is 47.8 Å². The standard InChI is InChI=1S/C44H89N2O6P/c1-3-5-7-9-11-13-15-16-17-18-19-20-21-22-23-24-25-26-28-30-32-34-36-38-44(48)46-42(41-52-53(49,50)51-40-39-45)43(47)37-35-33-31-29-27-14-12-10-8-6-4-2/h35,37,42-43,47H,3-34,36,38-41,45H2,1-2H3,(H,46,48)(H,49,50)/b37-35+/t42-,43+/m0/s1. The molecular formula is C44H89N2O6P. The summed E-state index contributed by atoms with van der Waals surface area (Å²) in [6.45, 7) is 4.14. The van der Waals surface area contributed by atoms with Crippen LogP contribution in [0.1, 0.15) is 232 Å². The third kappa shape index (κ3) is 39.3. The largest absolute Gasteiger partial charge is 0.472 e. The first-order valence-corrected chi connectivity index (χ1v) is 24.3. The second-order valence-electron chi connectivity index (χ2n) is 15.6. The Morgan fingerprint density at radius 1 is 0.604 bits per heavy atom. The third-order valence-electron chi connectivity index (χ3n) is 10.4. The molecule has 53 heavy (non-hydrogen) atoms. The van der Waals surface area contributed by atoms with Crippen molar-refractivity contribution in [2.45, 2.75) is 244 Å². The summed E-state index contributed by atoms with van der Waals surface area (Å²) in [6.07, 6.45) is 45.6. The molecule has 0 aliphatic carbocycles. The van der Waals surface area contributed by atoms with Gasteiger partial charge in [-0.2, -0.15) is 0 Å². The van der Waals surface area contributed by atoms with Crippen molar-refractivity contribution in [3.05, 3.63) is 12.2 Å². The average Bonchev–Trinajstić information content (AvgIpc) is 3.14. The van der Waals surface area contributed by atoms with Crippen molar-refractivity contribution in [2.24, 2.45) is 5.73 Å². The van der Waals surface area contributed by atoms with Crippen molar-refractivity contribution in [3.8, 4) is 0 Å². The van der Waals surface area contributed by atoms with Gasteiger partial charge in [-0.1, -0.05) is 219 Å². The zero-order valence-electron chi connectivity index (χ0n) is 35.0. The van der Waals surface area contributed by atoms with Crippen LogP contribution in [0.3, 0.4) is 0 Å². The van der Waals surface area contributed by atoms with Gasteiger partial charge in [0.15, 0.2) is 0 Å². The van der Waals surface area contributed by atoms with Crippen molar-refractivity contribution < 1.29 is 28.4 Å². The van der Waals surface area contributed by atoms with Gasteiger partial charge in [-0.3, -0.25) is 13.8 Å². The van der Waals surface area contributed by atoms with E-state index in [-0.39, 0.29) is 25.7 Å². The average molecular weight is 773 g/mol. The van der Waals surface area contributed by atoms with Gasteiger partial charge in [0, 0.05) is 13.0 Å². The highest BCUT2D eigenvalue weighted by atomic mass is 31.2. The summed E-state index contributed by atoms with van der Waals surface area (Å²) in [4.78, 5) is 22.7. The molecule has 0 radical (unpaired) electrons. The second-order valence-corrected chi connectivity index (χ2v) is 17.1. The van der Waals surface area contributed by atoms with Gasteiger partial charge in [0.25, 0.3) is 0 Å². The summed E-state index contributed by atoms with van der Waals surface area (Å²) >= 11 is 0. The lowest BCUT2D eigenvalue weighted by molar-refractivity contribution is -0.123. The number of carbonyl (C=O) groups excluding carboxylic acids is 1. The van der Waals surface area contributed by atoms with E-state index in [0.29, 0.717) is 6.42 Å². The van der Waals surface area contributed by atoms with Crippen LogP contribution >= 0.6 is 7.82 Å². The highest BCUT2D eigenvalue weighted by Gasteiger charge is 2.26. The number of rotatable bonds is 43. The van der Waals surface area contributed by atoms with Crippen LogP contribution in [-0.2, 0) is 18.4 Å². The fourth-order valence-corrected chi connectivity index (χ4v) is 7.66. The van der Waals surface area contributed by atoms with E-state index in [1.165, 1.54) is 173 Å². The van der Waals surface area contributed by atoms with Crippen molar-refractivity contribution in [1.82, 2.24) is 5.32 Å². The van der Waals surface area contributed by atoms with Crippen molar-refractivity contribution >= 4 is 13.7 Å². The van der Waals surface area contributed by atoms with E-state index in [0.717, 1.165) is 38.5 Å². The van der Waals surface area contributed by atoms with Gasteiger partial charge in [-0.05, 0) is 19.3 Å². The Morgan fingerprint density at radius 3 is 1.34 bits per heavy atom. The normalized spacial score (nSPS) is 14.1. The molecule has 1 amide bonds. The van der Waals surface area contributed by atoms with Gasteiger partial charge in [0.1, 0.15) is 0 Å². The van der Waals surface area contributed by atoms with E-state index in [1.807, 2.05) is 6.08 Å². The molecule has 3 atom stereocenters. The SMILES string of the molecule is CCCCCCCCCCC/C=C/[C@@H](O)[C@H](COP(=O)(O)OCCN)NC(=O)CCCCCCCCCCCCCCCCCCCCCCCCC. The van der Waals surface area contributed by atoms with Crippen molar-refractivity contribution in [1.29, 1.82) is 0 Å². The van der Waals surface area contributed by atoms with Gasteiger partial charge in [0.05, 0.1) is 25.4 Å². The number of allylic oxidation sites excluding steroid dienone is 1. The van der Waals surface area contributed by atoms with E-state index in [9.17, 15) is 19.4 Å². The van der Waals surface area contributed by atoms with E-state index in [4.69, 9.17) is 14.8 Å². The molecule has 316 valence electrons. The van der Waals surface area contributed by atoms with Crippen molar-refractivity contribution in [3.63, 3.8) is 0 Å². The number of nitrogens with one attached hydrogen (secondary N) is 1. The molecule has 0 fully saturated rings. The van der Waals surface area contributed by atoms with E-state index >= 15 is 0 Å². The number of aliphatic hydroxyl groups is 1. The Morgan fingerprint density at radius 2 is 0.962 bits per heavy atom. The van der Waals surface area contributed by atoms with Crippen LogP contribution < -0.4 is 11.1 Å². The number of phosphoric acid groups is 1. The lowest BCUT2D eigenvalue weighted by Crippen LogP contribution is -2.45. The molecule has 0 saturated heterocycles. The fraction of sp³-hybridized carbons (Fsp3) is 0.932. The predicted molar refractivity (Wildman–Crippen MR) is 226 cm³/mol. The summed E-state index contributed by atoms with van der Waals surface area (Å²) in [5.74, 6) is -0.191. The lowest BCUT2D eigenvalue weighted by Gasteiger charge is -2.23. The molecule has 8 nitrogen and oxygen atoms in total. The molecule has 0 saturated carbocycles. The fourth-order valence-electron chi connectivity index (χ4n) is 6.90. The summed E-state index contributed by atoms with van der Waals surface area (Å²) in [5, 5.41) is 13.6. The Kier molecular flexibility index (Phi) is 40.3. The van der Waals surface area contributed by atoms with Crippen LogP contribution in [0.4, 0.5) is 0 Å². The zero-order chi connectivity index (χ0) is 38.9. The minimum Gasteiger partial charge on any atom is -0.387 e. The van der Waals surface area contributed by atoms with Gasteiger partial charge in [-0.15, -0.1) is 0 Å². The first-order valence-electron chi connectivity index (χ1n) is 22.8. The number of phosphoric ester groups is 1. The third-order valence-corrected chi connectivity index (χ3v) is 11.3. The highest BCUT2D eigenvalue weighted by molar-refractivity contribution is 7.47. The lowest BCUT2D eigenvalue weighted by atomic mass is 10.0. The Hall–Kier alpha value is -0.760. The second kappa shape index (κ2) is 40.9. The molecule has 0 bridgehead atoms. The molecule has 0 aromatic carbocycles. The van der Waals surface area contributed by atoms with Crippen LogP contribution in [0.5, 0.6) is 0 Å². The van der Waals surface area contributed by atoms with Gasteiger partial charge in [0.2, 0.25) is 5.91 Å². The zero-order valence-corrected chi connectivity index (χ0v) is 35.9. The van der Waals surface area contributed by atoms with E-state index < -0.39 is 20.0 Å². The summed E-state index contributed by atoms with van der Waals surface area (Å²) in [5.41, 5.74) is 5.37. The number of nitrogens with two attached hydrogens (primary N) is 1. The van der Waals surface area contributed by atoms with Crippen LogP contribution in [0.15, 0.2) is 12.2 Å². The molecule has 0 aliphatic heterocycles. The molecule has 0 aromatic rings. The number of hydrogen-bond acceptors (Lipinski definition) is 6. The number of unbranched alkanes of at least 4 members (excludes halogenated alkanes) is 31. The number of carbonyl (C=O) groups is 1. The topological polar surface area (TPSA) is 131 Å². The Bertz CT molecular complexity index is 845. The number of amides is 1. The van der Waals surface area contributed by atoms with Crippen LogP contribution in [0, 0.1) is 0 Å². The molecule has 0 aliphatic rings. The number of aliphatic hydroxyl groups excluding tert-OH is 1. The molecule has 0 rings (SSSR count). The smallest absolute Gasteiger partial charge is 0.387 e. The van der Waals surface area contributed by atoms with E-state index in [2.05, 4.69) is 19.2 Å². The van der Waals surface area contributed by atoms with E-state index in [1.54, 1.807) is 6.08 Å². The number of hydrogen-bond donors (Lipinski definition) is 4. The first kappa shape index (κ1) is 52.2. The molecule has 0 spiro atoms. The molecule has 5 N–H and O–H groups in total. The monoisotopic (exact) mass is 773 g/mol. The van der Waals surface area contributed by atoms with Gasteiger partial charge in [-0.25, -0.2) is 4.57 Å². The predicted octanol–water partition coefficient (Wildman–Crippen LogP) is 12.8. The molecule has 0 heterocycles. The van der Waals surface area contributed by atoms with Crippen LogP contribution in [0.2, 0.25) is 0 Å².